The van der Waals surface area contributed by atoms with Gasteiger partial charge in [-0.05, 0) is 31.9 Å². The highest BCUT2D eigenvalue weighted by Crippen LogP contribution is 2.22. The molecule has 0 aromatic heterocycles. The molecule has 116 valence electrons. The smallest absolute Gasteiger partial charge is 0.311 e. The van der Waals surface area contributed by atoms with E-state index in [-0.39, 0.29) is 30.5 Å². The standard InChI is InChI=1S/C16H18N2O4/c1-2-22-14(19)10-11(17)6-5-9-18-15(20)12-7-3-4-8-13(12)16(18)21/h3-4,7-8,17H,2,5-6,9-10H2,1H3. The lowest BCUT2D eigenvalue weighted by Gasteiger charge is -2.13. The molecule has 1 aromatic rings. The monoisotopic (exact) mass is 302 g/mol. The maximum Gasteiger partial charge on any atom is 0.311 e. The number of rotatable bonds is 7. The summed E-state index contributed by atoms with van der Waals surface area (Å²) in [5.41, 5.74) is 1.10. The van der Waals surface area contributed by atoms with Gasteiger partial charge in [0.05, 0.1) is 24.2 Å². The van der Waals surface area contributed by atoms with Crippen LogP contribution in [0, 0.1) is 5.41 Å². The van der Waals surface area contributed by atoms with E-state index in [9.17, 15) is 14.4 Å². The minimum atomic E-state index is -0.423. The minimum absolute atomic E-state index is 0.0457. The van der Waals surface area contributed by atoms with Gasteiger partial charge in [-0.25, -0.2) is 0 Å². The maximum absolute atomic E-state index is 12.1. The molecule has 1 heterocycles. The Morgan fingerprint density at radius 1 is 1.18 bits per heavy atom. The predicted octanol–water partition coefficient (Wildman–Crippen LogP) is 2.04. The highest BCUT2D eigenvalue weighted by Gasteiger charge is 2.34. The number of imide groups is 1. The topological polar surface area (TPSA) is 87.5 Å². The molecule has 0 unspecified atom stereocenters. The number of ether oxygens (including phenoxy) is 1. The van der Waals surface area contributed by atoms with Crippen LogP contribution in [0.25, 0.3) is 0 Å². The van der Waals surface area contributed by atoms with Gasteiger partial charge >= 0.3 is 5.97 Å². The van der Waals surface area contributed by atoms with Gasteiger partial charge in [0, 0.05) is 12.3 Å². The van der Waals surface area contributed by atoms with Crippen molar-refractivity contribution < 1.29 is 19.1 Å². The molecule has 6 nitrogen and oxygen atoms in total. The molecule has 1 aliphatic heterocycles. The Morgan fingerprint density at radius 3 is 2.32 bits per heavy atom. The normalized spacial score (nSPS) is 13.2. The van der Waals surface area contributed by atoms with Crippen LogP contribution in [-0.2, 0) is 9.53 Å². The molecule has 2 amide bonds. The molecule has 2 rings (SSSR count). The lowest BCUT2D eigenvalue weighted by atomic mass is 10.1. The van der Waals surface area contributed by atoms with Gasteiger partial charge in [-0.2, -0.15) is 0 Å². The van der Waals surface area contributed by atoms with Crippen LogP contribution in [0.4, 0.5) is 0 Å². The highest BCUT2D eigenvalue weighted by molar-refractivity contribution is 6.21. The predicted molar refractivity (Wildman–Crippen MR) is 80.0 cm³/mol. The zero-order valence-corrected chi connectivity index (χ0v) is 12.4. The van der Waals surface area contributed by atoms with Crippen LogP contribution < -0.4 is 0 Å². The summed E-state index contributed by atoms with van der Waals surface area (Å²) in [6, 6.07) is 6.72. The zero-order chi connectivity index (χ0) is 16.1. The highest BCUT2D eigenvalue weighted by atomic mass is 16.5. The van der Waals surface area contributed by atoms with E-state index in [0.29, 0.717) is 30.6 Å². The van der Waals surface area contributed by atoms with Crippen molar-refractivity contribution >= 4 is 23.5 Å². The molecule has 1 aromatic carbocycles. The van der Waals surface area contributed by atoms with Gasteiger partial charge in [-0.15, -0.1) is 0 Å². The summed E-state index contributed by atoms with van der Waals surface area (Å²) < 4.78 is 4.77. The molecule has 1 aliphatic rings. The van der Waals surface area contributed by atoms with E-state index in [1.54, 1.807) is 31.2 Å². The van der Waals surface area contributed by atoms with Crippen molar-refractivity contribution in [3.63, 3.8) is 0 Å². The van der Waals surface area contributed by atoms with E-state index in [0.717, 1.165) is 0 Å². The van der Waals surface area contributed by atoms with Crippen molar-refractivity contribution in [2.45, 2.75) is 26.2 Å². The number of fused-ring (bicyclic) bond motifs is 1. The van der Waals surface area contributed by atoms with Crippen LogP contribution in [0.2, 0.25) is 0 Å². The average molecular weight is 302 g/mol. The molecule has 6 heteroatoms. The third-order valence-electron chi connectivity index (χ3n) is 3.40. The number of nitrogens with zero attached hydrogens (tertiary/aromatic N) is 1. The third kappa shape index (κ3) is 3.39. The van der Waals surface area contributed by atoms with Crippen molar-refractivity contribution in [2.75, 3.05) is 13.2 Å². The molecular formula is C16H18N2O4. The van der Waals surface area contributed by atoms with Gasteiger partial charge in [0.1, 0.15) is 0 Å². The van der Waals surface area contributed by atoms with Crippen molar-refractivity contribution in [3.05, 3.63) is 35.4 Å². The second-order valence-electron chi connectivity index (χ2n) is 5.00. The minimum Gasteiger partial charge on any atom is -0.466 e. The number of nitrogens with one attached hydrogen (secondary N) is 1. The Labute approximate surface area is 128 Å². The summed E-state index contributed by atoms with van der Waals surface area (Å²) in [4.78, 5) is 36.7. The van der Waals surface area contributed by atoms with Gasteiger partial charge in [-0.3, -0.25) is 19.3 Å². The summed E-state index contributed by atoms with van der Waals surface area (Å²) in [5, 5.41) is 7.71. The van der Waals surface area contributed by atoms with Crippen LogP contribution >= 0.6 is 0 Å². The fraction of sp³-hybridized carbons (Fsp3) is 0.375. The second-order valence-corrected chi connectivity index (χ2v) is 5.00. The SMILES string of the molecule is CCOC(=O)CC(=N)CCCN1C(=O)c2ccccc2C1=O. The zero-order valence-electron chi connectivity index (χ0n) is 12.4. The third-order valence-corrected chi connectivity index (χ3v) is 3.40. The van der Waals surface area contributed by atoms with Crippen molar-refractivity contribution in [2.24, 2.45) is 0 Å². The molecule has 0 saturated carbocycles. The number of hydrogen-bond donors (Lipinski definition) is 1. The molecule has 0 saturated heterocycles. The van der Waals surface area contributed by atoms with Crippen molar-refractivity contribution in [3.8, 4) is 0 Å². The Morgan fingerprint density at radius 2 is 1.77 bits per heavy atom. The van der Waals surface area contributed by atoms with E-state index in [1.165, 1.54) is 4.90 Å². The summed E-state index contributed by atoms with van der Waals surface area (Å²) in [6.07, 6.45) is 0.770. The van der Waals surface area contributed by atoms with Gasteiger partial charge in [0.15, 0.2) is 0 Å². The van der Waals surface area contributed by atoms with E-state index in [1.807, 2.05) is 0 Å². The van der Waals surface area contributed by atoms with Crippen LogP contribution in [0.15, 0.2) is 24.3 Å². The van der Waals surface area contributed by atoms with Gasteiger partial charge in [0.2, 0.25) is 0 Å². The number of amides is 2. The number of esters is 1. The summed E-state index contributed by atoms with van der Waals surface area (Å²) in [7, 11) is 0. The molecule has 0 radical (unpaired) electrons. The van der Waals surface area contributed by atoms with E-state index < -0.39 is 5.97 Å². The quantitative estimate of drug-likeness (QED) is 0.474. The number of benzene rings is 1. The molecular weight excluding hydrogens is 284 g/mol. The lowest BCUT2D eigenvalue weighted by molar-refractivity contribution is -0.141. The first kappa shape index (κ1) is 15.9. The fourth-order valence-electron chi connectivity index (χ4n) is 2.37. The van der Waals surface area contributed by atoms with E-state index >= 15 is 0 Å². The Hall–Kier alpha value is -2.50. The number of carbonyl (C=O) groups is 3. The molecule has 0 fully saturated rings. The Bertz CT molecular complexity index is 589. The Balaban J connectivity index is 1.84. The van der Waals surface area contributed by atoms with E-state index in [4.69, 9.17) is 10.1 Å². The Kier molecular flexibility index (Phi) is 5.04. The summed E-state index contributed by atoms with van der Waals surface area (Å²) >= 11 is 0. The summed E-state index contributed by atoms with van der Waals surface area (Å²) in [5.74, 6) is -1.01. The van der Waals surface area contributed by atoms with Gasteiger partial charge in [-0.1, -0.05) is 12.1 Å². The first-order chi connectivity index (χ1) is 10.5. The second kappa shape index (κ2) is 6.98. The van der Waals surface area contributed by atoms with Gasteiger partial charge in [0.25, 0.3) is 11.8 Å². The van der Waals surface area contributed by atoms with E-state index in [2.05, 4.69) is 0 Å². The van der Waals surface area contributed by atoms with Crippen molar-refractivity contribution in [1.82, 2.24) is 4.90 Å². The van der Waals surface area contributed by atoms with Crippen LogP contribution in [0.3, 0.4) is 0 Å². The van der Waals surface area contributed by atoms with Gasteiger partial charge < -0.3 is 10.1 Å². The molecule has 0 atom stereocenters. The average Bonchev–Trinajstić information content (AvgIpc) is 2.73. The largest absolute Gasteiger partial charge is 0.466 e. The summed E-state index contributed by atoms with van der Waals surface area (Å²) in [6.45, 7) is 2.25. The van der Waals surface area contributed by atoms with Crippen LogP contribution in [0.1, 0.15) is 46.9 Å². The molecule has 22 heavy (non-hydrogen) atoms. The molecule has 0 spiro atoms. The van der Waals surface area contributed by atoms with Crippen molar-refractivity contribution in [1.29, 1.82) is 5.41 Å². The molecule has 0 aliphatic carbocycles. The number of hydrogen-bond acceptors (Lipinski definition) is 5. The molecule has 1 N–H and O–H groups in total. The first-order valence-electron chi connectivity index (χ1n) is 7.21. The van der Waals surface area contributed by atoms with Crippen LogP contribution in [-0.4, -0.2) is 41.5 Å². The maximum atomic E-state index is 12.1. The van der Waals surface area contributed by atoms with Crippen LogP contribution in [0.5, 0.6) is 0 Å². The molecule has 0 bridgehead atoms. The number of carbonyl (C=O) groups excluding carboxylic acids is 3. The lowest BCUT2D eigenvalue weighted by Crippen LogP contribution is -2.31. The fourth-order valence-corrected chi connectivity index (χ4v) is 2.37. The first-order valence-corrected chi connectivity index (χ1v) is 7.21.